The zero-order chi connectivity index (χ0) is 14.1. The molecule has 5 heteroatoms. The Bertz CT molecular complexity index is 752. The third kappa shape index (κ3) is 2.05. The molecular weight excluding hydrogens is 254 g/mol. The number of benzene rings is 1. The predicted octanol–water partition coefficient (Wildman–Crippen LogP) is 1.70. The number of fused-ring (bicyclic) bond motifs is 1. The molecule has 1 aliphatic rings. The van der Waals surface area contributed by atoms with E-state index in [1.807, 2.05) is 24.3 Å². The molecule has 0 atom stereocenters. The molecular formula is C15H17N3O2. The monoisotopic (exact) mass is 271 g/mol. The van der Waals surface area contributed by atoms with Gasteiger partial charge in [0, 0.05) is 5.70 Å². The maximum Gasteiger partial charge on any atom is 0.333 e. The van der Waals surface area contributed by atoms with Gasteiger partial charge >= 0.3 is 5.69 Å². The number of carbonyl (C=O) groups excluding carboxylic acids is 1. The molecule has 0 aliphatic heterocycles. The summed E-state index contributed by atoms with van der Waals surface area (Å²) >= 11 is 0. The molecule has 0 radical (unpaired) electrons. The van der Waals surface area contributed by atoms with Crippen molar-refractivity contribution in [2.24, 2.45) is 5.73 Å². The molecule has 1 amide bonds. The maximum absolute atomic E-state index is 12.6. The van der Waals surface area contributed by atoms with E-state index >= 15 is 0 Å². The summed E-state index contributed by atoms with van der Waals surface area (Å²) in [5, 5.41) is 0. The molecule has 1 aromatic carbocycles. The lowest BCUT2D eigenvalue weighted by Gasteiger charge is -2.13. The topological polar surface area (TPSA) is 70.0 Å². The third-order valence-corrected chi connectivity index (χ3v) is 3.70. The molecule has 0 bridgehead atoms. The minimum atomic E-state index is -0.507. The molecule has 2 N–H and O–H groups in total. The Labute approximate surface area is 116 Å². The molecule has 2 aromatic rings. The van der Waals surface area contributed by atoms with Crippen LogP contribution in [0.3, 0.4) is 0 Å². The van der Waals surface area contributed by atoms with Gasteiger partial charge in [-0.15, -0.1) is 0 Å². The highest BCUT2D eigenvalue weighted by Crippen LogP contribution is 2.24. The molecule has 3 rings (SSSR count). The number of para-hydroxylation sites is 2. The number of aromatic nitrogens is 2. The lowest BCUT2D eigenvalue weighted by molar-refractivity contribution is -0.118. The first kappa shape index (κ1) is 12.7. The van der Waals surface area contributed by atoms with Crippen LogP contribution >= 0.6 is 0 Å². The van der Waals surface area contributed by atoms with E-state index in [0.717, 1.165) is 42.4 Å². The summed E-state index contributed by atoms with van der Waals surface area (Å²) in [5.41, 5.74) is 7.69. The van der Waals surface area contributed by atoms with E-state index in [-0.39, 0.29) is 12.2 Å². The standard InChI is InChI=1S/C15H17N3O2/c16-14(19)10-17-12-8-4-5-9-13(12)18(15(17)20)11-6-2-1-3-7-11/h4-6,8-9H,1-3,7,10H2,(H2,16,19). The van der Waals surface area contributed by atoms with E-state index in [4.69, 9.17) is 5.73 Å². The summed E-state index contributed by atoms with van der Waals surface area (Å²) in [6.07, 6.45) is 6.26. The number of amides is 1. The number of nitrogens with zero attached hydrogens (tertiary/aromatic N) is 2. The van der Waals surface area contributed by atoms with Crippen LogP contribution in [0.2, 0.25) is 0 Å². The van der Waals surface area contributed by atoms with Crippen LogP contribution in [0.5, 0.6) is 0 Å². The van der Waals surface area contributed by atoms with Crippen molar-refractivity contribution in [1.29, 1.82) is 0 Å². The maximum atomic E-state index is 12.6. The fourth-order valence-corrected chi connectivity index (χ4v) is 2.82. The smallest absolute Gasteiger partial charge is 0.333 e. The lowest BCUT2D eigenvalue weighted by Crippen LogP contribution is -2.29. The number of imidazole rings is 1. The number of allylic oxidation sites excluding steroid dienone is 2. The largest absolute Gasteiger partial charge is 0.368 e. The zero-order valence-corrected chi connectivity index (χ0v) is 11.2. The van der Waals surface area contributed by atoms with E-state index in [0.29, 0.717) is 0 Å². The molecule has 1 aliphatic carbocycles. The Hall–Kier alpha value is -2.30. The Morgan fingerprint density at radius 1 is 1.20 bits per heavy atom. The Balaban J connectivity index is 2.26. The molecule has 0 saturated heterocycles. The Kier molecular flexibility index (Phi) is 3.18. The zero-order valence-electron chi connectivity index (χ0n) is 11.2. The van der Waals surface area contributed by atoms with Gasteiger partial charge in [0.2, 0.25) is 5.91 Å². The Morgan fingerprint density at radius 3 is 2.60 bits per heavy atom. The van der Waals surface area contributed by atoms with Gasteiger partial charge in [-0.1, -0.05) is 18.2 Å². The van der Waals surface area contributed by atoms with E-state index < -0.39 is 5.91 Å². The summed E-state index contributed by atoms with van der Waals surface area (Å²) in [4.78, 5) is 23.8. The fourth-order valence-electron chi connectivity index (χ4n) is 2.82. The van der Waals surface area contributed by atoms with Gasteiger partial charge in [-0.3, -0.25) is 13.9 Å². The highest BCUT2D eigenvalue weighted by atomic mass is 16.2. The van der Waals surface area contributed by atoms with Crippen LogP contribution < -0.4 is 11.4 Å². The molecule has 0 saturated carbocycles. The van der Waals surface area contributed by atoms with Gasteiger partial charge in [-0.05, 0) is 37.8 Å². The van der Waals surface area contributed by atoms with Crippen LogP contribution in [-0.2, 0) is 11.3 Å². The van der Waals surface area contributed by atoms with Crippen molar-refractivity contribution in [3.8, 4) is 0 Å². The second kappa shape index (κ2) is 5.00. The summed E-state index contributed by atoms with van der Waals surface area (Å²) in [6.45, 7) is -0.0837. The van der Waals surface area contributed by atoms with Crippen LogP contribution in [0.4, 0.5) is 0 Å². The molecule has 20 heavy (non-hydrogen) atoms. The molecule has 1 aromatic heterocycles. The van der Waals surface area contributed by atoms with E-state index in [9.17, 15) is 9.59 Å². The SMILES string of the molecule is NC(=O)Cn1c(=O)n(C2=CCCCC2)c2ccccc21. The molecule has 0 unspecified atom stereocenters. The normalized spacial score (nSPS) is 15.3. The van der Waals surface area contributed by atoms with Crippen molar-refractivity contribution >= 4 is 22.6 Å². The van der Waals surface area contributed by atoms with Gasteiger partial charge in [0.05, 0.1) is 11.0 Å². The quantitative estimate of drug-likeness (QED) is 0.923. The summed E-state index contributed by atoms with van der Waals surface area (Å²) < 4.78 is 3.17. The summed E-state index contributed by atoms with van der Waals surface area (Å²) in [7, 11) is 0. The summed E-state index contributed by atoms with van der Waals surface area (Å²) in [6, 6.07) is 7.51. The van der Waals surface area contributed by atoms with Gasteiger partial charge in [-0.25, -0.2) is 4.79 Å². The second-order valence-electron chi connectivity index (χ2n) is 5.10. The van der Waals surface area contributed by atoms with Gasteiger partial charge in [0.15, 0.2) is 0 Å². The predicted molar refractivity (Wildman–Crippen MR) is 78.1 cm³/mol. The minimum absolute atomic E-state index is 0.0837. The first-order chi connectivity index (χ1) is 9.68. The fraction of sp³-hybridized carbons (Fsp3) is 0.333. The number of hydrogen-bond donors (Lipinski definition) is 1. The number of carbonyl (C=O) groups is 1. The molecule has 104 valence electrons. The van der Waals surface area contributed by atoms with Crippen LogP contribution in [0.1, 0.15) is 25.7 Å². The van der Waals surface area contributed by atoms with E-state index in [2.05, 4.69) is 6.08 Å². The highest BCUT2D eigenvalue weighted by molar-refractivity contribution is 5.82. The van der Waals surface area contributed by atoms with Gasteiger partial charge in [0.1, 0.15) is 6.54 Å². The second-order valence-corrected chi connectivity index (χ2v) is 5.10. The average molecular weight is 271 g/mol. The van der Waals surface area contributed by atoms with Crippen molar-refractivity contribution < 1.29 is 4.79 Å². The van der Waals surface area contributed by atoms with Gasteiger partial charge in [0.25, 0.3) is 0 Å². The van der Waals surface area contributed by atoms with Crippen LogP contribution in [0, 0.1) is 0 Å². The number of rotatable bonds is 3. The first-order valence-corrected chi connectivity index (χ1v) is 6.86. The van der Waals surface area contributed by atoms with Crippen molar-refractivity contribution in [1.82, 2.24) is 9.13 Å². The van der Waals surface area contributed by atoms with Crippen LogP contribution in [-0.4, -0.2) is 15.0 Å². The molecule has 1 heterocycles. The molecule has 0 spiro atoms. The van der Waals surface area contributed by atoms with Crippen LogP contribution in [0.25, 0.3) is 16.7 Å². The van der Waals surface area contributed by atoms with Crippen molar-refractivity contribution in [3.05, 3.63) is 40.8 Å². The van der Waals surface area contributed by atoms with Gasteiger partial charge in [-0.2, -0.15) is 0 Å². The lowest BCUT2D eigenvalue weighted by atomic mass is 10.0. The van der Waals surface area contributed by atoms with Crippen molar-refractivity contribution in [2.75, 3.05) is 0 Å². The van der Waals surface area contributed by atoms with Crippen LogP contribution in [0.15, 0.2) is 35.1 Å². The van der Waals surface area contributed by atoms with E-state index in [1.165, 1.54) is 4.57 Å². The number of nitrogens with two attached hydrogens (primary N) is 1. The molecule has 0 fully saturated rings. The van der Waals surface area contributed by atoms with Gasteiger partial charge < -0.3 is 5.73 Å². The van der Waals surface area contributed by atoms with E-state index in [1.54, 1.807) is 4.57 Å². The Morgan fingerprint density at radius 2 is 1.95 bits per heavy atom. The first-order valence-electron chi connectivity index (χ1n) is 6.86. The number of primary amides is 1. The minimum Gasteiger partial charge on any atom is -0.368 e. The van der Waals surface area contributed by atoms with Crippen molar-refractivity contribution in [2.45, 2.75) is 32.2 Å². The third-order valence-electron chi connectivity index (χ3n) is 3.70. The average Bonchev–Trinajstić information content (AvgIpc) is 2.72. The summed E-state index contributed by atoms with van der Waals surface area (Å²) in [5.74, 6) is -0.507. The number of hydrogen-bond acceptors (Lipinski definition) is 2. The highest BCUT2D eigenvalue weighted by Gasteiger charge is 2.17. The molecule has 5 nitrogen and oxygen atoms in total. The van der Waals surface area contributed by atoms with Crippen molar-refractivity contribution in [3.63, 3.8) is 0 Å².